The average molecular weight is 428 g/mol. The van der Waals surface area contributed by atoms with E-state index in [2.05, 4.69) is 23.1 Å². The highest BCUT2D eigenvalue weighted by atomic mass is 32.2. The molecule has 2 atom stereocenters. The van der Waals surface area contributed by atoms with Crippen LogP contribution in [0.15, 0.2) is 57.2 Å². The fourth-order valence-electron chi connectivity index (χ4n) is 3.36. The molecule has 2 aliphatic rings. The van der Waals surface area contributed by atoms with Gasteiger partial charge in [0.1, 0.15) is 0 Å². The van der Waals surface area contributed by atoms with Crippen molar-refractivity contribution < 1.29 is 14.7 Å². The quantitative estimate of drug-likeness (QED) is 0.531. The van der Waals surface area contributed by atoms with Crippen molar-refractivity contribution >= 4 is 69.1 Å². The van der Waals surface area contributed by atoms with Crippen LogP contribution in [0.4, 0.5) is 11.4 Å². The molecule has 28 heavy (non-hydrogen) atoms. The number of hydrogen-bond donors (Lipinski definition) is 1. The summed E-state index contributed by atoms with van der Waals surface area (Å²) < 4.78 is 0.437. The Morgan fingerprint density at radius 1 is 1.18 bits per heavy atom. The van der Waals surface area contributed by atoms with E-state index < -0.39 is 17.8 Å². The fraction of sp³-hybridized carbons (Fsp3) is 0.190. The maximum atomic E-state index is 12.7. The molecule has 0 radical (unpaired) electrons. The number of fused-ring (bicyclic) bond motifs is 2. The van der Waals surface area contributed by atoms with Gasteiger partial charge in [-0.1, -0.05) is 60.9 Å². The Labute approximate surface area is 177 Å². The number of nitrogens with zero attached hydrogens (tertiary/aromatic N) is 1. The van der Waals surface area contributed by atoms with Gasteiger partial charge in [-0.25, -0.2) is 0 Å². The molecule has 0 aromatic heterocycles. The molecule has 2 unspecified atom stereocenters. The van der Waals surface area contributed by atoms with E-state index in [9.17, 15) is 14.7 Å². The number of aliphatic carboxylic acids is 1. The monoisotopic (exact) mass is 427 g/mol. The van der Waals surface area contributed by atoms with Crippen molar-refractivity contribution in [3.63, 3.8) is 0 Å². The molecule has 2 aromatic carbocycles. The number of thioether (sulfide) groups is 1. The van der Waals surface area contributed by atoms with Crippen molar-refractivity contribution in [2.75, 3.05) is 11.9 Å². The van der Waals surface area contributed by atoms with Crippen LogP contribution in [0.3, 0.4) is 0 Å². The lowest BCUT2D eigenvalue weighted by Gasteiger charge is -2.29. The number of benzene rings is 2. The summed E-state index contributed by atoms with van der Waals surface area (Å²) >= 11 is 8.20. The van der Waals surface area contributed by atoms with Crippen LogP contribution in [-0.4, -0.2) is 28.1 Å². The number of carbonyl (C=O) groups is 2. The van der Waals surface area contributed by atoms with Crippen LogP contribution >= 0.6 is 35.7 Å². The molecule has 4 nitrogen and oxygen atoms in total. The minimum atomic E-state index is -1.01. The summed E-state index contributed by atoms with van der Waals surface area (Å²) in [5.74, 6) is -2.76. The van der Waals surface area contributed by atoms with Crippen molar-refractivity contribution in [2.45, 2.75) is 16.7 Å². The predicted molar refractivity (Wildman–Crippen MR) is 119 cm³/mol. The zero-order chi connectivity index (χ0) is 20.0. The number of Topliss-reactive ketones (excluding diaryl/α,β-unsaturated/α-hetero) is 1. The number of thiocarbonyl (C=S) groups is 1. The van der Waals surface area contributed by atoms with Crippen LogP contribution in [0.5, 0.6) is 0 Å². The summed E-state index contributed by atoms with van der Waals surface area (Å²) in [5, 5.41) is 9.24. The number of ketones is 1. The number of carbonyl (C=O) groups excluding carboxylic acids is 1. The maximum Gasteiger partial charge on any atom is 0.307 e. The minimum Gasteiger partial charge on any atom is -0.481 e. The summed E-state index contributed by atoms with van der Waals surface area (Å²) in [4.78, 5) is 29.0. The first kappa shape index (κ1) is 19.2. The van der Waals surface area contributed by atoms with Gasteiger partial charge in [0.25, 0.3) is 0 Å². The molecule has 2 aromatic rings. The van der Waals surface area contributed by atoms with Gasteiger partial charge in [0.15, 0.2) is 5.78 Å². The molecular formula is C21H17NO3S3. The second-order valence-corrected chi connectivity index (χ2v) is 9.62. The lowest BCUT2D eigenvalue weighted by Crippen LogP contribution is -2.27. The molecular weight excluding hydrogens is 410 g/mol. The fourth-order valence-corrected chi connectivity index (χ4v) is 6.21. The van der Waals surface area contributed by atoms with Crippen LogP contribution in [0, 0.1) is 11.8 Å². The number of rotatable bonds is 3. The van der Waals surface area contributed by atoms with E-state index in [0.717, 1.165) is 16.1 Å². The molecule has 1 fully saturated rings. The molecule has 4 rings (SSSR count). The molecule has 0 saturated carbocycles. The third-order valence-electron chi connectivity index (χ3n) is 4.97. The molecule has 0 aliphatic carbocycles. The van der Waals surface area contributed by atoms with Gasteiger partial charge in [0.05, 0.1) is 32.3 Å². The summed E-state index contributed by atoms with van der Waals surface area (Å²) in [6.07, 6.45) is 1.81. The smallest absolute Gasteiger partial charge is 0.307 e. The highest BCUT2D eigenvalue weighted by Gasteiger charge is 2.41. The van der Waals surface area contributed by atoms with Crippen LogP contribution in [0.2, 0.25) is 0 Å². The van der Waals surface area contributed by atoms with Gasteiger partial charge in [-0.2, -0.15) is 0 Å². The highest BCUT2D eigenvalue weighted by Crippen LogP contribution is 2.48. The van der Waals surface area contributed by atoms with Gasteiger partial charge in [0.2, 0.25) is 0 Å². The topological polar surface area (TPSA) is 57.6 Å². The molecule has 7 heteroatoms. The first-order valence-electron chi connectivity index (χ1n) is 8.72. The second-order valence-electron chi connectivity index (χ2n) is 6.75. The van der Waals surface area contributed by atoms with Crippen molar-refractivity contribution in [1.29, 1.82) is 0 Å². The van der Waals surface area contributed by atoms with Gasteiger partial charge in [-0.3, -0.25) is 9.59 Å². The van der Waals surface area contributed by atoms with Gasteiger partial charge in [-0.05, 0) is 35.9 Å². The van der Waals surface area contributed by atoms with E-state index in [-0.39, 0.29) is 5.78 Å². The summed E-state index contributed by atoms with van der Waals surface area (Å²) in [7, 11) is 2.04. The number of allylic oxidation sites excluding steroid dienone is 1. The molecule has 2 heterocycles. The Hall–Kier alpha value is -2.09. The second kappa shape index (κ2) is 7.39. The van der Waals surface area contributed by atoms with Gasteiger partial charge in [-0.15, -0.1) is 0 Å². The minimum absolute atomic E-state index is 0.197. The summed E-state index contributed by atoms with van der Waals surface area (Å²) in [6, 6.07) is 14.3. The number of carboxylic acids is 1. The Kier molecular flexibility index (Phi) is 5.07. The van der Waals surface area contributed by atoms with E-state index in [1.54, 1.807) is 11.8 Å². The SMILES string of the molecule is CC(C(=O)O)C1C(=O)C(=Cc2ccc3c(c2)Sc2ccccc2N3C)SC1=S. The zero-order valence-electron chi connectivity index (χ0n) is 15.2. The van der Waals surface area contributed by atoms with Crippen molar-refractivity contribution in [1.82, 2.24) is 0 Å². The van der Waals surface area contributed by atoms with E-state index in [0.29, 0.717) is 9.10 Å². The number of anilines is 2. The average Bonchev–Trinajstić information content (AvgIpc) is 2.94. The molecule has 0 spiro atoms. The normalized spacial score (nSPS) is 20.9. The van der Waals surface area contributed by atoms with Gasteiger partial charge < -0.3 is 10.0 Å². The maximum absolute atomic E-state index is 12.7. The largest absolute Gasteiger partial charge is 0.481 e. The van der Waals surface area contributed by atoms with E-state index in [4.69, 9.17) is 12.2 Å². The first-order chi connectivity index (χ1) is 13.4. The van der Waals surface area contributed by atoms with E-state index in [1.165, 1.54) is 29.3 Å². The van der Waals surface area contributed by atoms with Crippen molar-refractivity contribution in [3.05, 3.63) is 52.9 Å². The van der Waals surface area contributed by atoms with Crippen LogP contribution < -0.4 is 4.90 Å². The number of para-hydroxylation sites is 1. The summed E-state index contributed by atoms with van der Waals surface area (Å²) in [6.45, 7) is 1.53. The molecule has 0 amide bonds. The zero-order valence-corrected chi connectivity index (χ0v) is 17.7. The molecule has 2 aliphatic heterocycles. The third-order valence-corrected chi connectivity index (χ3v) is 7.58. The Balaban J connectivity index is 1.65. The lowest BCUT2D eigenvalue weighted by molar-refractivity contribution is -0.143. The van der Waals surface area contributed by atoms with E-state index >= 15 is 0 Å². The van der Waals surface area contributed by atoms with Crippen LogP contribution in [0.25, 0.3) is 6.08 Å². The highest BCUT2D eigenvalue weighted by molar-refractivity contribution is 8.27. The van der Waals surface area contributed by atoms with Gasteiger partial charge in [0, 0.05) is 16.8 Å². The Morgan fingerprint density at radius 2 is 1.89 bits per heavy atom. The van der Waals surface area contributed by atoms with Crippen molar-refractivity contribution in [2.24, 2.45) is 11.8 Å². The molecule has 0 bridgehead atoms. The molecule has 1 N–H and O–H groups in total. The molecule has 142 valence electrons. The first-order valence-corrected chi connectivity index (χ1v) is 10.8. The third kappa shape index (κ3) is 3.27. The predicted octanol–water partition coefficient (Wildman–Crippen LogP) is 5.24. The Morgan fingerprint density at radius 3 is 2.64 bits per heavy atom. The summed E-state index contributed by atoms with van der Waals surface area (Å²) in [5.41, 5.74) is 3.19. The number of carboxylic acid groups (broad SMARTS) is 1. The van der Waals surface area contributed by atoms with E-state index in [1.807, 2.05) is 37.4 Å². The standard InChI is InChI=1S/C21H17NO3S3/c1-11(20(24)25)18-19(23)17(28-21(18)26)10-12-7-8-14-16(9-12)27-15-6-4-3-5-13(15)22(14)2/h3-11,18H,1-2H3,(H,24,25). The van der Waals surface area contributed by atoms with Gasteiger partial charge >= 0.3 is 5.97 Å². The lowest BCUT2D eigenvalue weighted by atomic mass is 9.91. The van der Waals surface area contributed by atoms with Crippen LogP contribution in [0.1, 0.15) is 12.5 Å². The van der Waals surface area contributed by atoms with Crippen molar-refractivity contribution in [3.8, 4) is 0 Å². The molecule has 1 saturated heterocycles. The Bertz CT molecular complexity index is 1050. The number of hydrogen-bond acceptors (Lipinski definition) is 6. The van der Waals surface area contributed by atoms with Crippen LogP contribution in [-0.2, 0) is 9.59 Å².